The van der Waals surface area contributed by atoms with Gasteiger partial charge in [-0.05, 0) is 55.0 Å². The molecule has 1 aliphatic heterocycles. The second-order valence-corrected chi connectivity index (χ2v) is 8.81. The third-order valence-electron chi connectivity index (χ3n) is 5.61. The lowest BCUT2D eigenvalue weighted by atomic mass is 10.1. The SMILES string of the molecule is Cc1ccc(Cl)cc1Nc1nc(C(F)(F)F)ccc1C(=O)N1CCN(c2cccc(Cl)c2)CC1. The molecule has 0 atom stereocenters. The van der Waals surface area contributed by atoms with Crippen molar-refractivity contribution in [3.63, 3.8) is 0 Å². The Kier molecular flexibility index (Phi) is 6.91. The van der Waals surface area contributed by atoms with Crippen LogP contribution < -0.4 is 10.2 Å². The highest BCUT2D eigenvalue weighted by molar-refractivity contribution is 6.31. The number of hydrogen-bond donors (Lipinski definition) is 1. The molecule has 178 valence electrons. The van der Waals surface area contributed by atoms with Crippen LogP contribution in [0.1, 0.15) is 21.6 Å². The van der Waals surface area contributed by atoms with Crippen LogP contribution in [0, 0.1) is 6.92 Å². The molecule has 34 heavy (non-hydrogen) atoms. The summed E-state index contributed by atoms with van der Waals surface area (Å²) in [5.74, 6) is -0.559. The molecule has 2 aromatic carbocycles. The van der Waals surface area contributed by atoms with Crippen molar-refractivity contribution >= 4 is 46.3 Å². The van der Waals surface area contributed by atoms with Crippen molar-refractivity contribution in [2.45, 2.75) is 13.1 Å². The molecule has 1 aliphatic rings. The Morgan fingerprint density at radius 2 is 1.68 bits per heavy atom. The lowest BCUT2D eigenvalue weighted by molar-refractivity contribution is -0.141. The highest BCUT2D eigenvalue weighted by Crippen LogP contribution is 2.32. The first-order valence-corrected chi connectivity index (χ1v) is 11.3. The third-order valence-corrected chi connectivity index (χ3v) is 6.08. The van der Waals surface area contributed by atoms with Crippen molar-refractivity contribution in [3.8, 4) is 0 Å². The smallest absolute Gasteiger partial charge is 0.368 e. The summed E-state index contributed by atoms with van der Waals surface area (Å²) in [4.78, 5) is 20.8. The molecule has 2 heterocycles. The van der Waals surface area contributed by atoms with Gasteiger partial charge in [0.2, 0.25) is 0 Å². The summed E-state index contributed by atoms with van der Waals surface area (Å²) in [7, 11) is 0. The fourth-order valence-corrected chi connectivity index (χ4v) is 4.11. The van der Waals surface area contributed by atoms with Crippen molar-refractivity contribution in [3.05, 3.63) is 81.5 Å². The summed E-state index contributed by atoms with van der Waals surface area (Å²) in [6.07, 6.45) is -4.65. The largest absolute Gasteiger partial charge is 0.433 e. The van der Waals surface area contributed by atoms with Crippen molar-refractivity contribution in [2.24, 2.45) is 0 Å². The van der Waals surface area contributed by atoms with Crippen LogP contribution in [0.4, 0.5) is 30.4 Å². The van der Waals surface area contributed by atoms with Gasteiger partial charge in [0, 0.05) is 47.6 Å². The number of piperazine rings is 1. The number of nitrogens with zero attached hydrogens (tertiary/aromatic N) is 3. The molecule has 0 unspecified atom stereocenters. The standard InChI is InChI=1S/C24H21Cl2F3N4O/c1-15-5-6-17(26)14-20(15)30-22-19(7-8-21(31-22)24(27,28)29)23(34)33-11-9-32(10-12-33)18-4-2-3-16(25)13-18/h2-8,13-14H,9-12H2,1H3,(H,30,31). The van der Waals surface area contributed by atoms with Crippen LogP contribution in [0.3, 0.4) is 0 Å². The predicted octanol–water partition coefficient (Wildman–Crippen LogP) is 6.42. The molecular weight excluding hydrogens is 488 g/mol. The third kappa shape index (κ3) is 5.39. The van der Waals surface area contributed by atoms with E-state index in [9.17, 15) is 18.0 Å². The fraction of sp³-hybridized carbons (Fsp3) is 0.250. The van der Waals surface area contributed by atoms with E-state index < -0.39 is 17.8 Å². The minimum atomic E-state index is -4.65. The van der Waals surface area contributed by atoms with E-state index in [-0.39, 0.29) is 11.4 Å². The molecule has 0 bridgehead atoms. The summed E-state index contributed by atoms with van der Waals surface area (Å²) in [6.45, 7) is 3.72. The topological polar surface area (TPSA) is 48.5 Å². The molecule has 1 amide bonds. The summed E-state index contributed by atoms with van der Waals surface area (Å²) in [5, 5.41) is 3.92. The van der Waals surface area contributed by atoms with Gasteiger partial charge >= 0.3 is 6.18 Å². The van der Waals surface area contributed by atoms with Gasteiger partial charge in [0.25, 0.3) is 5.91 Å². The first kappa shape index (κ1) is 24.2. The van der Waals surface area contributed by atoms with Crippen LogP contribution in [0.5, 0.6) is 0 Å². The normalized spacial score (nSPS) is 14.3. The van der Waals surface area contributed by atoms with Gasteiger partial charge in [-0.2, -0.15) is 13.2 Å². The monoisotopic (exact) mass is 508 g/mol. The number of carbonyl (C=O) groups is 1. The Balaban J connectivity index is 1.59. The minimum absolute atomic E-state index is 0.0589. The van der Waals surface area contributed by atoms with E-state index in [1.165, 1.54) is 6.07 Å². The number of halogens is 5. The van der Waals surface area contributed by atoms with Gasteiger partial charge in [-0.25, -0.2) is 4.98 Å². The van der Waals surface area contributed by atoms with Crippen LogP contribution in [-0.2, 0) is 6.18 Å². The highest BCUT2D eigenvalue weighted by atomic mass is 35.5. The number of alkyl halides is 3. The number of aryl methyl sites for hydroxylation is 1. The number of anilines is 3. The Morgan fingerprint density at radius 1 is 0.971 bits per heavy atom. The summed E-state index contributed by atoms with van der Waals surface area (Å²) < 4.78 is 40.0. The molecule has 1 N–H and O–H groups in total. The van der Waals surface area contributed by atoms with E-state index in [4.69, 9.17) is 23.2 Å². The summed E-state index contributed by atoms with van der Waals surface area (Å²) in [6, 6.07) is 14.4. The molecule has 5 nitrogen and oxygen atoms in total. The van der Waals surface area contributed by atoms with E-state index in [1.54, 1.807) is 36.1 Å². The molecule has 0 aliphatic carbocycles. The van der Waals surface area contributed by atoms with Crippen LogP contribution in [-0.4, -0.2) is 42.0 Å². The van der Waals surface area contributed by atoms with Crippen molar-refractivity contribution in [2.75, 3.05) is 36.4 Å². The van der Waals surface area contributed by atoms with E-state index in [0.29, 0.717) is 41.9 Å². The molecule has 1 saturated heterocycles. The maximum absolute atomic E-state index is 13.3. The van der Waals surface area contributed by atoms with Gasteiger partial charge in [-0.1, -0.05) is 35.3 Å². The summed E-state index contributed by atoms with van der Waals surface area (Å²) >= 11 is 12.1. The molecule has 0 spiro atoms. The zero-order valence-electron chi connectivity index (χ0n) is 18.2. The number of hydrogen-bond acceptors (Lipinski definition) is 4. The first-order valence-electron chi connectivity index (χ1n) is 10.5. The number of carbonyl (C=O) groups excluding carboxylic acids is 1. The lowest BCUT2D eigenvalue weighted by Gasteiger charge is -2.36. The van der Waals surface area contributed by atoms with Gasteiger partial charge in [-0.3, -0.25) is 4.79 Å². The number of pyridine rings is 1. The molecule has 10 heteroatoms. The Bertz CT molecular complexity index is 1210. The molecule has 3 aromatic rings. The van der Waals surface area contributed by atoms with Crippen LogP contribution in [0.2, 0.25) is 10.0 Å². The zero-order valence-corrected chi connectivity index (χ0v) is 19.7. The zero-order chi connectivity index (χ0) is 24.5. The average Bonchev–Trinajstić information content (AvgIpc) is 2.80. The van der Waals surface area contributed by atoms with Crippen molar-refractivity contribution in [1.29, 1.82) is 0 Å². The molecule has 1 fully saturated rings. The van der Waals surface area contributed by atoms with Crippen LogP contribution in [0.25, 0.3) is 0 Å². The molecule has 1 aromatic heterocycles. The Morgan fingerprint density at radius 3 is 2.35 bits per heavy atom. The molecular formula is C24H21Cl2F3N4O. The van der Waals surface area contributed by atoms with Gasteiger partial charge in [0.1, 0.15) is 11.5 Å². The maximum Gasteiger partial charge on any atom is 0.433 e. The first-order chi connectivity index (χ1) is 16.1. The van der Waals surface area contributed by atoms with Gasteiger partial charge < -0.3 is 15.1 Å². The van der Waals surface area contributed by atoms with E-state index in [1.807, 2.05) is 18.2 Å². The van der Waals surface area contributed by atoms with E-state index >= 15 is 0 Å². The van der Waals surface area contributed by atoms with Crippen LogP contribution in [0.15, 0.2) is 54.6 Å². The number of amides is 1. The fourth-order valence-electron chi connectivity index (χ4n) is 3.75. The highest BCUT2D eigenvalue weighted by Gasteiger charge is 2.34. The predicted molar refractivity (Wildman–Crippen MR) is 128 cm³/mol. The van der Waals surface area contributed by atoms with Crippen molar-refractivity contribution < 1.29 is 18.0 Å². The Labute approximate surface area is 205 Å². The lowest BCUT2D eigenvalue weighted by Crippen LogP contribution is -2.49. The van der Waals surface area contributed by atoms with Gasteiger partial charge in [0.05, 0.1) is 5.56 Å². The average molecular weight is 509 g/mol. The number of aromatic nitrogens is 1. The maximum atomic E-state index is 13.3. The summed E-state index contributed by atoms with van der Waals surface area (Å²) in [5.41, 5.74) is 1.14. The van der Waals surface area contributed by atoms with Crippen molar-refractivity contribution in [1.82, 2.24) is 9.88 Å². The Hall–Kier alpha value is -2.97. The van der Waals surface area contributed by atoms with Gasteiger partial charge in [-0.15, -0.1) is 0 Å². The molecule has 4 rings (SSSR count). The second-order valence-electron chi connectivity index (χ2n) is 7.93. The van der Waals surface area contributed by atoms with E-state index in [2.05, 4.69) is 15.2 Å². The number of benzene rings is 2. The minimum Gasteiger partial charge on any atom is -0.368 e. The molecule has 0 saturated carbocycles. The number of nitrogens with one attached hydrogen (secondary N) is 1. The van der Waals surface area contributed by atoms with Crippen LogP contribution >= 0.6 is 23.2 Å². The quantitative estimate of drug-likeness (QED) is 0.441. The second kappa shape index (κ2) is 9.72. The van der Waals surface area contributed by atoms with E-state index in [0.717, 1.165) is 17.3 Å². The number of rotatable bonds is 4. The van der Waals surface area contributed by atoms with Gasteiger partial charge in [0.15, 0.2) is 0 Å². The molecule has 0 radical (unpaired) electrons.